The van der Waals surface area contributed by atoms with Gasteiger partial charge in [0.25, 0.3) is 0 Å². The molecule has 0 saturated carbocycles. The summed E-state index contributed by atoms with van der Waals surface area (Å²) in [6.07, 6.45) is 5.14. The van der Waals surface area contributed by atoms with E-state index in [2.05, 4.69) is 16.3 Å². The average molecular weight is 377 g/mol. The molecule has 5 nitrogen and oxygen atoms in total. The Morgan fingerprint density at radius 1 is 1.12 bits per heavy atom. The predicted molar refractivity (Wildman–Crippen MR) is 101 cm³/mol. The van der Waals surface area contributed by atoms with Crippen LogP contribution in [0.3, 0.4) is 0 Å². The monoisotopic (exact) mass is 376 g/mol. The molecule has 1 aromatic carbocycles. The highest BCUT2D eigenvalue weighted by Gasteiger charge is 2.25. The molecule has 2 aliphatic heterocycles. The number of halogens is 1. The molecule has 1 aromatic heterocycles. The summed E-state index contributed by atoms with van der Waals surface area (Å²) in [6, 6.07) is 8.28. The van der Waals surface area contributed by atoms with Crippen LogP contribution in [-0.2, 0) is 6.54 Å². The molecule has 0 spiro atoms. The minimum atomic E-state index is 0.267. The number of furan rings is 1. The molecule has 140 valence electrons. The van der Waals surface area contributed by atoms with Crippen LogP contribution in [-0.4, -0.2) is 37.7 Å². The lowest BCUT2D eigenvalue weighted by Crippen LogP contribution is -2.33. The van der Waals surface area contributed by atoms with Crippen molar-refractivity contribution in [2.24, 2.45) is 0 Å². The molecule has 1 fully saturated rings. The SMILES string of the molecule is Clc1cc(CNC[C@H](c2ccco2)N2CCCC2)cc2c1OCCCO2. The molecule has 2 aromatic rings. The topological polar surface area (TPSA) is 46.9 Å². The number of rotatable bonds is 6. The summed E-state index contributed by atoms with van der Waals surface area (Å²) in [4.78, 5) is 2.49. The molecule has 0 amide bonds. The molecule has 4 rings (SSSR count). The largest absolute Gasteiger partial charge is 0.489 e. The Hall–Kier alpha value is -1.69. The Morgan fingerprint density at radius 3 is 2.77 bits per heavy atom. The highest BCUT2D eigenvalue weighted by molar-refractivity contribution is 6.32. The summed E-state index contributed by atoms with van der Waals surface area (Å²) in [5.41, 5.74) is 1.10. The second-order valence-corrected chi connectivity index (χ2v) is 7.27. The first-order chi connectivity index (χ1) is 12.8. The van der Waals surface area contributed by atoms with Gasteiger partial charge in [0.05, 0.1) is 30.5 Å². The van der Waals surface area contributed by atoms with Gasteiger partial charge in [-0.25, -0.2) is 0 Å². The summed E-state index contributed by atoms with van der Waals surface area (Å²) in [7, 11) is 0. The fourth-order valence-electron chi connectivity index (χ4n) is 3.68. The van der Waals surface area contributed by atoms with Crippen LogP contribution in [0.25, 0.3) is 0 Å². The van der Waals surface area contributed by atoms with E-state index in [0.717, 1.165) is 49.7 Å². The fraction of sp³-hybridized carbons (Fsp3) is 0.500. The fourth-order valence-corrected chi connectivity index (χ4v) is 3.97. The van der Waals surface area contributed by atoms with E-state index in [1.165, 1.54) is 12.8 Å². The lowest BCUT2D eigenvalue weighted by atomic mass is 10.1. The molecule has 0 aliphatic carbocycles. The van der Waals surface area contributed by atoms with Crippen LogP contribution in [0.15, 0.2) is 34.9 Å². The molecule has 3 heterocycles. The number of nitrogens with one attached hydrogen (secondary N) is 1. The standard InChI is InChI=1S/C20H25ClN2O3/c21-16-11-15(12-19-20(16)26-10-4-9-25-19)13-22-14-17(18-5-3-8-24-18)23-6-1-2-7-23/h3,5,8,11-12,17,22H,1-2,4,6-7,9-10,13-14H2/t17-/m1/s1. The molecule has 0 unspecified atom stereocenters. The van der Waals surface area contributed by atoms with E-state index >= 15 is 0 Å². The second kappa shape index (κ2) is 8.33. The van der Waals surface area contributed by atoms with E-state index in [1.54, 1.807) is 6.26 Å². The van der Waals surface area contributed by atoms with Crippen LogP contribution in [0.4, 0.5) is 0 Å². The maximum absolute atomic E-state index is 6.39. The molecule has 1 atom stereocenters. The first-order valence-electron chi connectivity index (χ1n) is 9.37. The molecule has 1 saturated heterocycles. The molecule has 2 aliphatic rings. The van der Waals surface area contributed by atoms with Crippen molar-refractivity contribution in [3.63, 3.8) is 0 Å². The Balaban J connectivity index is 1.41. The third kappa shape index (κ3) is 4.00. The van der Waals surface area contributed by atoms with Gasteiger partial charge in [-0.05, 0) is 55.8 Å². The van der Waals surface area contributed by atoms with Crippen LogP contribution in [0.2, 0.25) is 5.02 Å². The van der Waals surface area contributed by atoms with Gasteiger partial charge < -0.3 is 19.2 Å². The highest BCUT2D eigenvalue weighted by Crippen LogP contribution is 2.38. The van der Waals surface area contributed by atoms with Gasteiger partial charge in [0.2, 0.25) is 0 Å². The molecule has 0 radical (unpaired) electrons. The zero-order valence-corrected chi connectivity index (χ0v) is 15.6. The molecule has 0 bridgehead atoms. The normalized spacial score (nSPS) is 18.7. The number of nitrogens with zero attached hydrogens (tertiary/aromatic N) is 1. The van der Waals surface area contributed by atoms with Gasteiger partial charge in [0, 0.05) is 19.5 Å². The summed E-state index contributed by atoms with van der Waals surface area (Å²) in [6.45, 7) is 5.12. The summed E-state index contributed by atoms with van der Waals surface area (Å²) in [5.74, 6) is 2.43. The molecular weight excluding hydrogens is 352 g/mol. The Morgan fingerprint density at radius 2 is 1.96 bits per heavy atom. The maximum atomic E-state index is 6.39. The summed E-state index contributed by atoms with van der Waals surface area (Å²) in [5, 5.41) is 4.17. The van der Waals surface area contributed by atoms with Crippen molar-refractivity contribution < 1.29 is 13.9 Å². The van der Waals surface area contributed by atoms with Gasteiger partial charge in [-0.2, -0.15) is 0 Å². The number of likely N-dealkylation sites (tertiary alicyclic amines) is 1. The molecule has 1 N–H and O–H groups in total. The van der Waals surface area contributed by atoms with Crippen molar-refractivity contribution in [2.45, 2.75) is 31.8 Å². The third-order valence-electron chi connectivity index (χ3n) is 4.98. The number of ether oxygens (including phenoxy) is 2. The van der Waals surface area contributed by atoms with Crippen molar-refractivity contribution in [2.75, 3.05) is 32.8 Å². The van der Waals surface area contributed by atoms with Gasteiger partial charge in [-0.15, -0.1) is 0 Å². The van der Waals surface area contributed by atoms with Gasteiger partial charge in [0.15, 0.2) is 11.5 Å². The van der Waals surface area contributed by atoms with Gasteiger partial charge in [-0.1, -0.05) is 11.6 Å². The summed E-state index contributed by atoms with van der Waals surface area (Å²) < 4.78 is 17.2. The number of benzene rings is 1. The third-order valence-corrected chi connectivity index (χ3v) is 5.26. The zero-order chi connectivity index (χ0) is 17.8. The number of fused-ring (bicyclic) bond motifs is 1. The average Bonchev–Trinajstić information content (AvgIpc) is 3.30. The second-order valence-electron chi connectivity index (χ2n) is 6.86. The lowest BCUT2D eigenvalue weighted by molar-refractivity contribution is 0.209. The van der Waals surface area contributed by atoms with Crippen LogP contribution < -0.4 is 14.8 Å². The van der Waals surface area contributed by atoms with Crippen LogP contribution in [0, 0.1) is 0 Å². The molecular formula is C20H25ClN2O3. The van der Waals surface area contributed by atoms with E-state index in [9.17, 15) is 0 Å². The lowest BCUT2D eigenvalue weighted by Gasteiger charge is -2.26. The number of hydrogen-bond acceptors (Lipinski definition) is 5. The molecule has 26 heavy (non-hydrogen) atoms. The Bertz CT molecular complexity index is 714. The van der Waals surface area contributed by atoms with Crippen molar-refractivity contribution in [3.05, 3.63) is 46.9 Å². The predicted octanol–water partition coefficient (Wildman–Crippen LogP) is 4.02. The van der Waals surface area contributed by atoms with Crippen molar-refractivity contribution in [1.29, 1.82) is 0 Å². The quantitative estimate of drug-likeness (QED) is 0.825. The van der Waals surface area contributed by atoms with Gasteiger partial charge >= 0.3 is 0 Å². The van der Waals surface area contributed by atoms with E-state index in [-0.39, 0.29) is 6.04 Å². The van der Waals surface area contributed by atoms with Crippen molar-refractivity contribution in [3.8, 4) is 11.5 Å². The van der Waals surface area contributed by atoms with Crippen LogP contribution in [0.1, 0.15) is 36.6 Å². The first kappa shape index (κ1) is 17.7. The number of hydrogen-bond donors (Lipinski definition) is 1. The van der Waals surface area contributed by atoms with E-state index < -0.39 is 0 Å². The Kier molecular flexibility index (Phi) is 5.68. The Labute approximate surface area is 159 Å². The first-order valence-corrected chi connectivity index (χ1v) is 9.75. The minimum absolute atomic E-state index is 0.267. The van der Waals surface area contributed by atoms with Gasteiger partial charge in [0.1, 0.15) is 5.76 Å². The zero-order valence-electron chi connectivity index (χ0n) is 14.9. The summed E-state index contributed by atoms with van der Waals surface area (Å²) >= 11 is 6.39. The van der Waals surface area contributed by atoms with Crippen LogP contribution in [0.5, 0.6) is 11.5 Å². The van der Waals surface area contributed by atoms with Crippen molar-refractivity contribution in [1.82, 2.24) is 10.2 Å². The smallest absolute Gasteiger partial charge is 0.179 e. The van der Waals surface area contributed by atoms with E-state index in [0.29, 0.717) is 24.0 Å². The minimum Gasteiger partial charge on any atom is -0.489 e. The van der Waals surface area contributed by atoms with E-state index in [4.69, 9.17) is 25.5 Å². The van der Waals surface area contributed by atoms with Gasteiger partial charge in [-0.3, -0.25) is 4.90 Å². The van der Waals surface area contributed by atoms with E-state index in [1.807, 2.05) is 18.2 Å². The maximum Gasteiger partial charge on any atom is 0.179 e. The highest BCUT2D eigenvalue weighted by atomic mass is 35.5. The van der Waals surface area contributed by atoms with Crippen molar-refractivity contribution >= 4 is 11.6 Å². The van der Waals surface area contributed by atoms with Crippen LogP contribution >= 0.6 is 11.6 Å². The molecule has 6 heteroatoms.